The fourth-order valence-corrected chi connectivity index (χ4v) is 3.43. The maximum atomic E-state index is 6.08. The Morgan fingerprint density at radius 3 is 2.90 bits per heavy atom. The summed E-state index contributed by atoms with van der Waals surface area (Å²) in [5.74, 6) is 1.80. The molecule has 3 aromatic rings. The fraction of sp³-hybridized carbons (Fsp3) is 0.267. The second-order valence-electron chi connectivity index (χ2n) is 4.69. The molecule has 0 saturated heterocycles. The summed E-state index contributed by atoms with van der Waals surface area (Å²) >= 11 is 7.63. The van der Waals surface area contributed by atoms with Crippen LogP contribution < -0.4 is 5.32 Å². The van der Waals surface area contributed by atoms with Gasteiger partial charge in [-0.3, -0.25) is 5.32 Å². The smallest absolute Gasteiger partial charge is 0.126 e. The van der Waals surface area contributed by atoms with E-state index in [9.17, 15) is 0 Å². The van der Waals surface area contributed by atoms with Crippen LogP contribution in [0.4, 0.5) is 0 Å². The molecule has 0 bridgehead atoms. The van der Waals surface area contributed by atoms with E-state index in [1.807, 2.05) is 30.5 Å². The van der Waals surface area contributed by atoms with Crippen molar-refractivity contribution >= 4 is 22.9 Å². The van der Waals surface area contributed by atoms with Crippen LogP contribution in [0, 0.1) is 0 Å². The molecular weight excluding hydrogens is 306 g/mol. The minimum absolute atomic E-state index is 0.0347. The van der Waals surface area contributed by atoms with Crippen molar-refractivity contribution in [3.63, 3.8) is 0 Å². The van der Waals surface area contributed by atoms with Crippen LogP contribution in [0.1, 0.15) is 41.9 Å². The Labute approximate surface area is 132 Å². The van der Waals surface area contributed by atoms with Gasteiger partial charge < -0.3 is 9.40 Å². The van der Waals surface area contributed by atoms with Crippen LogP contribution in [0.15, 0.2) is 47.3 Å². The topological polar surface area (TPSA) is 53.9 Å². The summed E-state index contributed by atoms with van der Waals surface area (Å²) in [4.78, 5) is 8.64. The number of aromatic amines is 1. The van der Waals surface area contributed by atoms with Crippen molar-refractivity contribution in [1.29, 1.82) is 0 Å². The number of nitrogens with zero attached hydrogens (tertiary/aromatic N) is 1. The highest BCUT2D eigenvalue weighted by Gasteiger charge is 2.23. The summed E-state index contributed by atoms with van der Waals surface area (Å²) in [6.45, 7) is 2.13. The predicted molar refractivity (Wildman–Crippen MR) is 84.6 cm³/mol. The van der Waals surface area contributed by atoms with E-state index in [0.29, 0.717) is 0 Å². The zero-order chi connectivity index (χ0) is 14.7. The van der Waals surface area contributed by atoms with Crippen LogP contribution in [0.3, 0.4) is 0 Å². The van der Waals surface area contributed by atoms with Gasteiger partial charge in [0.05, 0.1) is 16.6 Å². The molecule has 2 N–H and O–H groups in total. The zero-order valence-electron chi connectivity index (χ0n) is 11.5. The van der Waals surface area contributed by atoms with E-state index in [1.165, 1.54) is 0 Å². The van der Waals surface area contributed by atoms with Crippen molar-refractivity contribution in [1.82, 2.24) is 15.3 Å². The summed E-state index contributed by atoms with van der Waals surface area (Å²) in [7, 11) is 0. The van der Waals surface area contributed by atoms with Crippen molar-refractivity contribution in [3.05, 3.63) is 63.7 Å². The van der Waals surface area contributed by atoms with E-state index in [4.69, 9.17) is 16.0 Å². The Morgan fingerprint density at radius 1 is 1.43 bits per heavy atom. The monoisotopic (exact) mass is 321 g/mol. The molecule has 0 radical (unpaired) electrons. The number of furan rings is 1. The summed E-state index contributed by atoms with van der Waals surface area (Å²) in [6.07, 6.45) is 6.21. The van der Waals surface area contributed by atoms with Crippen molar-refractivity contribution in [2.75, 3.05) is 0 Å². The van der Waals surface area contributed by atoms with Gasteiger partial charge in [0.15, 0.2) is 0 Å². The number of thiophene rings is 1. The van der Waals surface area contributed by atoms with Crippen LogP contribution in [0.5, 0.6) is 0 Å². The lowest BCUT2D eigenvalue weighted by Crippen LogP contribution is -2.27. The van der Waals surface area contributed by atoms with Gasteiger partial charge in [0.1, 0.15) is 17.6 Å². The number of hydrogen-bond donors (Lipinski definition) is 2. The number of hydrogen-bond acceptors (Lipinski definition) is 4. The van der Waals surface area contributed by atoms with Gasteiger partial charge in [0.25, 0.3) is 0 Å². The Bertz CT molecular complexity index is 663. The van der Waals surface area contributed by atoms with Crippen LogP contribution >= 0.6 is 22.9 Å². The Kier molecular flexibility index (Phi) is 4.43. The standard InChI is InChI=1S/C15H16ClN3OS/c1-2-10(15-17-7-8-18-15)19-14(11-4-3-9-20-11)12-5-6-13(16)21-12/h3-10,14,19H,2H2,1H3,(H,17,18). The van der Waals surface area contributed by atoms with E-state index in [2.05, 4.69) is 22.2 Å². The van der Waals surface area contributed by atoms with E-state index in [-0.39, 0.29) is 12.1 Å². The van der Waals surface area contributed by atoms with Crippen molar-refractivity contribution in [3.8, 4) is 0 Å². The largest absolute Gasteiger partial charge is 0.467 e. The number of rotatable bonds is 6. The first kappa shape index (κ1) is 14.4. The molecule has 0 aromatic carbocycles. The molecule has 0 saturated carbocycles. The summed E-state index contributed by atoms with van der Waals surface area (Å²) in [6, 6.07) is 7.89. The molecule has 0 aliphatic heterocycles. The lowest BCUT2D eigenvalue weighted by molar-refractivity contribution is 0.398. The molecule has 0 fully saturated rings. The zero-order valence-corrected chi connectivity index (χ0v) is 13.1. The average molecular weight is 322 g/mol. The molecule has 3 rings (SSSR count). The first-order valence-electron chi connectivity index (χ1n) is 6.82. The molecule has 6 heteroatoms. The molecule has 110 valence electrons. The quantitative estimate of drug-likeness (QED) is 0.700. The molecule has 2 unspecified atom stereocenters. The molecule has 0 spiro atoms. The predicted octanol–water partition coefficient (Wildman–Crippen LogP) is 4.55. The Hall–Kier alpha value is -1.56. The van der Waals surface area contributed by atoms with Crippen LogP contribution in [-0.2, 0) is 0 Å². The summed E-state index contributed by atoms with van der Waals surface area (Å²) < 4.78 is 6.37. The highest BCUT2D eigenvalue weighted by atomic mass is 35.5. The minimum atomic E-state index is -0.0347. The van der Waals surface area contributed by atoms with Gasteiger partial charge in [-0.25, -0.2) is 4.98 Å². The van der Waals surface area contributed by atoms with Gasteiger partial charge in [-0.1, -0.05) is 18.5 Å². The van der Waals surface area contributed by atoms with E-state index >= 15 is 0 Å². The number of aromatic nitrogens is 2. The maximum absolute atomic E-state index is 6.08. The number of halogens is 1. The third-order valence-electron chi connectivity index (χ3n) is 3.33. The first-order valence-corrected chi connectivity index (χ1v) is 8.01. The summed E-state index contributed by atoms with van der Waals surface area (Å²) in [5.41, 5.74) is 0. The summed E-state index contributed by atoms with van der Waals surface area (Å²) in [5, 5.41) is 3.60. The van der Waals surface area contributed by atoms with Crippen LogP contribution in [0.25, 0.3) is 0 Å². The van der Waals surface area contributed by atoms with E-state index in [1.54, 1.807) is 23.8 Å². The molecular formula is C15H16ClN3OS. The lowest BCUT2D eigenvalue weighted by atomic mass is 10.1. The second kappa shape index (κ2) is 6.47. The highest BCUT2D eigenvalue weighted by molar-refractivity contribution is 7.16. The second-order valence-corrected chi connectivity index (χ2v) is 6.44. The number of imidazole rings is 1. The van der Waals surface area contributed by atoms with Gasteiger partial charge in [-0.15, -0.1) is 11.3 Å². The minimum Gasteiger partial charge on any atom is -0.467 e. The first-order chi connectivity index (χ1) is 10.3. The van der Waals surface area contributed by atoms with Crippen LogP contribution in [-0.4, -0.2) is 9.97 Å². The fourth-order valence-electron chi connectivity index (χ4n) is 2.30. The van der Waals surface area contributed by atoms with Crippen LogP contribution in [0.2, 0.25) is 4.34 Å². The molecule has 2 atom stereocenters. The molecule has 0 amide bonds. The molecule has 0 aliphatic carbocycles. The van der Waals surface area contributed by atoms with Crippen molar-refractivity contribution in [2.24, 2.45) is 0 Å². The maximum Gasteiger partial charge on any atom is 0.126 e. The van der Waals surface area contributed by atoms with Gasteiger partial charge in [-0.2, -0.15) is 0 Å². The average Bonchev–Trinajstić information content (AvgIpc) is 3.21. The Balaban J connectivity index is 1.89. The molecule has 21 heavy (non-hydrogen) atoms. The third kappa shape index (κ3) is 3.20. The third-order valence-corrected chi connectivity index (χ3v) is 4.63. The molecule has 3 heterocycles. The normalized spacial score (nSPS) is 14.2. The molecule has 3 aromatic heterocycles. The van der Waals surface area contributed by atoms with Gasteiger partial charge >= 0.3 is 0 Å². The molecule has 4 nitrogen and oxygen atoms in total. The number of nitrogens with one attached hydrogen (secondary N) is 2. The number of H-pyrrole nitrogens is 1. The molecule has 0 aliphatic rings. The Morgan fingerprint density at radius 2 is 2.33 bits per heavy atom. The highest BCUT2D eigenvalue weighted by Crippen LogP contribution is 2.33. The van der Waals surface area contributed by atoms with Gasteiger partial charge in [-0.05, 0) is 30.7 Å². The van der Waals surface area contributed by atoms with Gasteiger partial charge in [0, 0.05) is 17.3 Å². The van der Waals surface area contributed by atoms with Crippen molar-refractivity contribution < 1.29 is 4.42 Å². The van der Waals surface area contributed by atoms with Crippen molar-refractivity contribution in [2.45, 2.75) is 25.4 Å². The van der Waals surface area contributed by atoms with E-state index < -0.39 is 0 Å². The SMILES string of the molecule is CCC(NC(c1ccco1)c1ccc(Cl)s1)c1ncc[nH]1. The lowest BCUT2D eigenvalue weighted by Gasteiger charge is -2.21. The van der Waals surface area contributed by atoms with E-state index in [0.717, 1.165) is 27.2 Å². The van der Waals surface area contributed by atoms with Gasteiger partial charge in [0.2, 0.25) is 0 Å².